The van der Waals surface area contributed by atoms with Crippen molar-refractivity contribution >= 4 is 5.97 Å². The van der Waals surface area contributed by atoms with Crippen molar-refractivity contribution in [3.63, 3.8) is 0 Å². The van der Waals surface area contributed by atoms with Gasteiger partial charge in [-0.2, -0.15) is 0 Å². The summed E-state index contributed by atoms with van der Waals surface area (Å²) in [6.45, 7) is 5.23. The summed E-state index contributed by atoms with van der Waals surface area (Å²) >= 11 is 0. The number of esters is 1. The zero-order chi connectivity index (χ0) is 26.2. The third-order valence-electron chi connectivity index (χ3n) is 11.2. The van der Waals surface area contributed by atoms with Crippen molar-refractivity contribution in [3.8, 4) is 0 Å². The van der Waals surface area contributed by atoms with E-state index in [4.69, 9.17) is 4.74 Å². The lowest BCUT2D eigenvalue weighted by atomic mass is 9.49. The second-order valence-corrected chi connectivity index (χ2v) is 13.6. The Morgan fingerprint density at radius 1 is 0.595 bits per heavy atom. The molecule has 37 heavy (non-hydrogen) atoms. The van der Waals surface area contributed by atoms with Crippen LogP contribution in [0.5, 0.6) is 0 Å². The maximum atomic E-state index is 14.1. The molecule has 0 amide bonds. The smallest absolute Gasteiger partial charge is 0.312 e. The van der Waals surface area contributed by atoms with Crippen LogP contribution in [0.3, 0.4) is 0 Å². The third-order valence-corrected chi connectivity index (χ3v) is 11.2. The normalized spacial score (nSPS) is 26.7. The minimum absolute atomic E-state index is 0.186. The molecule has 0 bridgehead atoms. The molecule has 3 fully saturated rings. The molecule has 3 rings (SSSR count). The predicted octanol–water partition coefficient (Wildman–Crippen LogP) is 11.3. The van der Waals surface area contributed by atoms with Crippen molar-refractivity contribution in [1.29, 1.82) is 0 Å². The molecule has 0 heterocycles. The van der Waals surface area contributed by atoms with Crippen LogP contribution in [-0.2, 0) is 9.53 Å². The van der Waals surface area contributed by atoms with E-state index in [1.807, 2.05) is 0 Å². The van der Waals surface area contributed by atoms with Crippen LogP contribution in [0, 0.1) is 22.7 Å². The van der Waals surface area contributed by atoms with Gasteiger partial charge in [-0.25, -0.2) is 0 Å². The minimum Gasteiger partial charge on any atom is -0.465 e. The molecular formula is C35H64O2. The first-order valence-corrected chi connectivity index (χ1v) is 17.3. The van der Waals surface area contributed by atoms with Crippen LogP contribution >= 0.6 is 0 Å². The summed E-state index contributed by atoms with van der Waals surface area (Å²) < 4.78 is 6.22. The van der Waals surface area contributed by atoms with Crippen LogP contribution < -0.4 is 0 Å². The highest BCUT2D eigenvalue weighted by Crippen LogP contribution is 2.61. The Hall–Kier alpha value is -0.530. The summed E-state index contributed by atoms with van der Waals surface area (Å²) in [5.41, 5.74) is 0.0235. The van der Waals surface area contributed by atoms with Crippen molar-refractivity contribution < 1.29 is 9.53 Å². The first-order valence-electron chi connectivity index (χ1n) is 17.3. The molecule has 0 N–H and O–H groups in total. The van der Waals surface area contributed by atoms with E-state index in [1.54, 1.807) is 0 Å². The molecule has 0 radical (unpaired) electrons. The summed E-state index contributed by atoms with van der Waals surface area (Å²) in [5.74, 6) is 2.13. The van der Waals surface area contributed by atoms with Crippen LogP contribution in [0.15, 0.2) is 0 Å². The predicted molar refractivity (Wildman–Crippen MR) is 159 cm³/mol. The lowest BCUT2D eigenvalue weighted by Crippen LogP contribution is -2.52. The molecule has 0 aromatic rings. The molecular weight excluding hydrogens is 452 g/mol. The van der Waals surface area contributed by atoms with Crippen molar-refractivity contribution in [1.82, 2.24) is 0 Å². The van der Waals surface area contributed by atoms with Gasteiger partial charge in [0.2, 0.25) is 0 Å². The van der Waals surface area contributed by atoms with Gasteiger partial charge in [0.25, 0.3) is 0 Å². The highest BCUT2D eigenvalue weighted by atomic mass is 16.5. The minimum atomic E-state index is -0.186. The maximum absolute atomic E-state index is 14.1. The number of carbonyl (C=O) groups is 1. The number of unbranched alkanes of at least 4 members (excludes halogenated alkanes) is 10. The van der Waals surface area contributed by atoms with Crippen LogP contribution in [0.1, 0.15) is 187 Å². The van der Waals surface area contributed by atoms with Gasteiger partial charge < -0.3 is 4.74 Å². The maximum Gasteiger partial charge on any atom is 0.312 e. The van der Waals surface area contributed by atoms with Gasteiger partial charge in [-0.3, -0.25) is 4.79 Å². The molecule has 0 aliphatic heterocycles. The van der Waals surface area contributed by atoms with Crippen LogP contribution in [0.4, 0.5) is 0 Å². The molecule has 2 nitrogen and oxygen atoms in total. The fourth-order valence-electron chi connectivity index (χ4n) is 8.77. The Labute approximate surface area is 231 Å². The van der Waals surface area contributed by atoms with Gasteiger partial charge in [0.15, 0.2) is 0 Å². The zero-order valence-electron chi connectivity index (χ0n) is 25.3. The van der Waals surface area contributed by atoms with Crippen LogP contribution in [-0.4, -0.2) is 12.6 Å². The third kappa shape index (κ3) is 8.99. The van der Waals surface area contributed by atoms with Gasteiger partial charge in [0.1, 0.15) is 0 Å². The van der Waals surface area contributed by atoms with E-state index in [0.29, 0.717) is 6.61 Å². The Balaban J connectivity index is 1.66. The van der Waals surface area contributed by atoms with E-state index in [1.165, 1.54) is 154 Å². The first-order chi connectivity index (χ1) is 18.2. The molecule has 0 saturated heterocycles. The summed E-state index contributed by atoms with van der Waals surface area (Å²) in [4.78, 5) is 14.1. The van der Waals surface area contributed by atoms with Gasteiger partial charge in [-0.1, -0.05) is 136 Å². The van der Waals surface area contributed by atoms with Crippen LogP contribution in [0.2, 0.25) is 0 Å². The van der Waals surface area contributed by atoms with E-state index in [9.17, 15) is 4.79 Å². The lowest BCUT2D eigenvalue weighted by Gasteiger charge is -2.55. The SMILES string of the molecule is CCCCCCCCC[C@]1(C2(C(=O)OCCCCCCC)CCCCC2)CC[C@@H](C2CCCCC2)CC1. The fourth-order valence-corrected chi connectivity index (χ4v) is 8.77. The average molecular weight is 517 g/mol. The van der Waals surface area contributed by atoms with Gasteiger partial charge in [0, 0.05) is 0 Å². The molecule has 0 unspecified atom stereocenters. The Bertz CT molecular complexity index is 590. The topological polar surface area (TPSA) is 26.3 Å². The molecule has 2 heteroatoms. The van der Waals surface area contributed by atoms with Crippen molar-refractivity contribution in [2.45, 2.75) is 187 Å². The summed E-state index contributed by atoms with van der Waals surface area (Å²) in [7, 11) is 0. The molecule has 3 saturated carbocycles. The number of ether oxygens (including phenoxy) is 1. The fraction of sp³-hybridized carbons (Fsp3) is 0.971. The van der Waals surface area contributed by atoms with E-state index in [-0.39, 0.29) is 16.8 Å². The van der Waals surface area contributed by atoms with Gasteiger partial charge in [0.05, 0.1) is 12.0 Å². The summed E-state index contributed by atoms with van der Waals surface area (Å²) in [6, 6.07) is 0. The summed E-state index contributed by atoms with van der Waals surface area (Å²) in [6.07, 6.45) is 35.7. The number of hydrogen-bond acceptors (Lipinski definition) is 2. The quantitative estimate of drug-likeness (QED) is 0.142. The van der Waals surface area contributed by atoms with E-state index < -0.39 is 0 Å². The standard InChI is InChI=1S/C35H64O2/c1-3-5-7-9-10-11-17-25-34(28-23-32(24-29-34)31-21-15-13-16-22-31)35(26-18-14-19-27-35)33(36)37-30-20-12-8-6-4-2/h31-32H,3-30H2,1-2H3/t32-,34+. The zero-order valence-corrected chi connectivity index (χ0v) is 25.3. The van der Waals surface area contributed by atoms with Crippen molar-refractivity contribution in [3.05, 3.63) is 0 Å². The van der Waals surface area contributed by atoms with Gasteiger partial charge in [-0.05, 0) is 68.6 Å². The average Bonchev–Trinajstić information content (AvgIpc) is 2.95. The van der Waals surface area contributed by atoms with E-state index >= 15 is 0 Å². The highest BCUT2D eigenvalue weighted by molar-refractivity contribution is 5.78. The largest absolute Gasteiger partial charge is 0.465 e. The molecule has 216 valence electrons. The second-order valence-electron chi connectivity index (χ2n) is 13.6. The van der Waals surface area contributed by atoms with Crippen molar-refractivity contribution in [2.24, 2.45) is 22.7 Å². The highest BCUT2D eigenvalue weighted by Gasteiger charge is 2.57. The van der Waals surface area contributed by atoms with Crippen molar-refractivity contribution in [2.75, 3.05) is 6.61 Å². The molecule has 0 aromatic heterocycles. The van der Waals surface area contributed by atoms with Gasteiger partial charge >= 0.3 is 5.97 Å². The second kappa shape index (κ2) is 17.2. The molecule has 3 aliphatic carbocycles. The van der Waals surface area contributed by atoms with E-state index in [0.717, 1.165) is 31.1 Å². The number of rotatable bonds is 17. The van der Waals surface area contributed by atoms with Crippen LogP contribution in [0.25, 0.3) is 0 Å². The number of carbonyl (C=O) groups excluding carboxylic acids is 1. The van der Waals surface area contributed by atoms with E-state index in [2.05, 4.69) is 13.8 Å². The Morgan fingerprint density at radius 2 is 1.11 bits per heavy atom. The molecule has 3 aliphatic rings. The first kappa shape index (κ1) is 31.0. The number of hydrogen-bond donors (Lipinski definition) is 0. The Kier molecular flexibility index (Phi) is 14.4. The monoisotopic (exact) mass is 516 g/mol. The summed E-state index contributed by atoms with van der Waals surface area (Å²) in [5, 5.41) is 0. The van der Waals surface area contributed by atoms with Gasteiger partial charge in [-0.15, -0.1) is 0 Å². The lowest BCUT2D eigenvalue weighted by molar-refractivity contribution is -0.175. The molecule has 0 aromatic carbocycles. The Morgan fingerprint density at radius 3 is 1.73 bits per heavy atom. The molecule has 0 spiro atoms. The molecule has 0 atom stereocenters.